The average Bonchev–Trinajstić information content (AvgIpc) is 2.48. The van der Waals surface area contributed by atoms with Gasteiger partial charge in [-0.1, -0.05) is 6.07 Å². The molecule has 0 atom stereocenters. The summed E-state index contributed by atoms with van der Waals surface area (Å²) in [6.07, 6.45) is 1.73. The Morgan fingerprint density at radius 2 is 1.91 bits per heavy atom. The SMILES string of the molecule is Cn1c(C(=O)N2CC(c3ccccn3)C2)cc(=O)n(C)c1=O. The van der Waals surface area contributed by atoms with Crippen molar-refractivity contribution in [2.75, 3.05) is 13.1 Å². The predicted molar refractivity (Wildman–Crippen MR) is 79.8 cm³/mol. The first-order chi connectivity index (χ1) is 10.5. The zero-order chi connectivity index (χ0) is 15.9. The van der Waals surface area contributed by atoms with E-state index in [4.69, 9.17) is 0 Å². The lowest BCUT2D eigenvalue weighted by molar-refractivity contribution is 0.0586. The molecule has 0 unspecified atom stereocenters. The number of carbonyl (C=O) groups is 1. The molecule has 0 aromatic carbocycles. The van der Waals surface area contributed by atoms with Crippen LogP contribution >= 0.6 is 0 Å². The molecule has 3 rings (SSSR count). The summed E-state index contributed by atoms with van der Waals surface area (Å²) in [7, 11) is 2.88. The van der Waals surface area contributed by atoms with E-state index in [1.165, 1.54) is 24.7 Å². The standard InChI is InChI=1S/C15H16N4O3/c1-17-12(7-13(20)18(2)15(17)22)14(21)19-8-10(9-19)11-5-3-4-6-16-11/h3-7,10H,8-9H2,1-2H3. The van der Waals surface area contributed by atoms with E-state index >= 15 is 0 Å². The van der Waals surface area contributed by atoms with Gasteiger partial charge in [-0.3, -0.25) is 23.7 Å². The number of pyridine rings is 1. The zero-order valence-electron chi connectivity index (χ0n) is 12.4. The predicted octanol–water partition coefficient (Wildman–Crippen LogP) is -0.281. The van der Waals surface area contributed by atoms with Crippen molar-refractivity contribution in [1.29, 1.82) is 0 Å². The fourth-order valence-electron chi connectivity index (χ4n) is 2.55. The second-order valence-electron chi connectivity index (χ2n) is 5.43. The third kappa shape index (κ3) is 2.24. The summed E-state index contributed by atoms with van der Waals surface area (Å²) in [6.45, 7) is 1.08. The first-order valence-corrected chi connectivity index (χ1v) is 6.96. The van der Waals surface area contributed by atoms with Crippen LogP contribution in [0.15, 0.2) is 40.1 Å². The molecule has 1 saturated heterocycles. The highest BCUT2D eigenvalue weighted by molar-refractivity contribution is 5.93. The maximum Gasteiger partial charge on any atom is 0.331 e. The number of hydrogen-bond acceptors (Lipinski definition) is 4. The summed E-state index contributed by atoms with van der Waals surface area (Å²) >= 11 is 0. The van der Waals surface area contributed by atoms with Crippen molar-refractivity contribution < 1.29 is 4.79 Å². The van der Waals surface area contributed by atoms with Gasteiger partial charge in [-0.15, -0.1) is 0 Å². The van der Waals surface area contributed by atoms with E-state index in [9.17, 15) is 14.4 Å². The van der Waals surface area contributed by atoms with Crippen LogP contribution in [0.4, 0.5) is 0 Å². The van der Waals surface area contributed by atoms with E-state index in [0.717, 1.165) is 10.3 Å². The fraction of sp³-hybridized carbons (Fsp3) is 0.333. The fourth-order valence-corrected chi connectivity index (χ4v) is 2.55. The van der Waals surface area contributed by atoms with Crippen molar-refractivity contribution in [3.63, 3.8) is 0 Å². The van der Waals surface area contributed by atoms with Crippen LogP contribution in [0.3, 0.4) is 0 Å². The van der Waals surface area contributed by atoms with E-state index in [0.29, 0.717) is 13.1 Å². The highest BCUT2D eigenvalue weighted by atomic mass is 16.2. The van der Waals surface area contributed by atoms with Crippen molar-refractivity contribution in [3.8, 4) is 0 Å². The van der Waals surface area contributed by atoms with Crippen LogP contribution in [-0.4, -0.2) is 38.0 Å². The third-order valence-electron chi connectivity index (χ3n) is 4.02. The smallest absolute Gasteiger partial charge is 0.331 e. The van der Waals surface area contributed by atoms with Gasteiger partial charge in [0.25, 0.3) is 11.5 Å². The number of hydrogen-bond donors (Lipinski definition) is 0. The van der Waals surface area contributed by atoms with Gasteiger partial charge in [0.15, 0.2) is 0 Å². The number of nitrogens with zero attached hydrogens (tertiary/aromatic N) is 4. The Morgan fingerprint density at radius 1 is 1.18 bits per heavy atom. The Labute approximate surface area is 126 Å². The molecule has 1 aliphatic heterocycles. The van der Waals surface area contributed by atoms with Gasteiger partial charge in [0.2, 0.25) is 0 Å². The second kappa shape index (κ2) is 5.25. The zero-order valence-corrected chi connectivity index (χ0v) is 12.4. The Kier molecular flexibility index (Phi) is 3.40. The Balaban J connectivity index is 1.80. The summed E-state index contributed by atoms with van der Waals surface area (Å²) in [5.74, 6) is -0.0989. The van der Waals surface area contributed by atoms with Gasteiger partial charge in [-0.05, 0) is 12.1 Å². The number of aromatic nitrogens is 3. The van der Waals surface area contributed by atoms with E-state index in [2.05, 4.69) is 4.98 Å². The van der Waals surface area contributed by atoms with Gasteiger partial charge in [0.1, 0.15) is 5.69 Å². The van der Waals surface area contributed by atoms with Crippen molar-refractivity contribution in [2.24, 2.45) is 14.1 Å². The molecule has 0 aliphatic carbocycles. The van der Waals surface area contributed by atoms with Gasteiger partial charge in [0, 0.05) is 51.1 Å². The highest BCUT2D eigenvalue weighted by Crippen LogP contribution is 2.26. The van der Waals surface area contributed by atoms with Crippen LogP contribution in [0.25, 0.3) is 0 Å². The number of carbonyl (C=O) groups excluding carboxylic acids is 1. The molecule has 7 nitrogen and oxygen atoms in total. The van der Waals surface area contributed by atoms with Gasteiger partial charge >= 0.3 is 5.69 Å². The third-order valence-corrected chi connectivity index (χ3v) is 4.02. The molecule has 0 N–H and O–H groups in total. The summed E-state index contributed by atoms with van der Waals surface area (Å²) in [5.41, 5.74) is 0.0860. The molecule has 2 aromatic heterocycles. The average molecular weight is 300 g/mol. The van der Waals surface area contributed by atoms with Gasteiger partial charge < -0.3 is 4.90 Å². The number of likely N-dealkylation sites (tertiary alicyclic amines) is 1. The van der Waals surface area contributed by atoms with E-state index in [-0.39, 0.29) is 17.5 Å². The van der Waals surface area contributed by atoms with Crippen molar-refractivity contribution in [2.45, 2.75) is 5.92 Å². The molecule has 0 radical (unpaired) electrons. The van der Waals surface area contributed by atoms with Crippen LogP contribution in [0.5, 0.6) is 0 Å². The summed E-state index contributed by atoms with van der Waals surface area (Å²) < 4.78 is 2.18. The Hall–Kier alpha value is -2.70. The summed E-state index contributed by atoms with van der Waals surface area (Å²) in [5, 5.41) is 0. The lowest BCUT2D eigenvalue weighted by atomic mass is 9.95. The van der Waals surface area contributed by atoms with E-state index in [1.807, 2.05) is 18.2 Å². The molecular formula is C15H16N4O3. The van der Waals surface area contributed by atoms with Crippen molar-refractivity contribution >= 4 is 5.91 Å². The molecule has 0 spiro atoms. The minimum atomic E-state index is -0.502. The van der Waals surface area contributed by atoms with Crippen LogP contribution < -0.4 is 11.2 Å². The molecular weight excluding hydrogens is 284 g/mol. The van der Waals surface area contributed by atoms with Gasteiger partial charge in [0.05, 0.1) is 0 Å². The molecule has 0 bridgehead atoms. The molecule has 2 aromatic rings. The minimum absolute atomic E-state index is 0.118. The number of rotatable bonds is 2. The molecule has 114 valence electrons. The molecule has 22 heavy (non-hydrogen) atoms. The Bertz CT molecular complexity index is 832. The van der Waals surface area contributed by atoms with E-state index in [1.54, 1.807) is 11.1 Å². The molecule has 1 amide bonds. The lowest BCUT2D eigenvalue weighted by Crippen LogP contribution is -2.51. The first-order valence-electron chi connectivity index (χ1n) is 6.96. The monoisotopic (exact) mass is 300 g/mol. The summed E-state index contributed by atoms with van der Waals surface area (Å²) in [6, 6.07) is 6.90. The normalized spacial score (nSPS) is 14.7. The topological polar surface area (TPSA) is 77.2 Å². The lowest BCUT2D eigenvalue weighted by Gasteiger charge is -2.39. The van der Waals surface area contributed by atoms with Crippen LogP contribution in [0, 0.1) is 0 Å². The molecule has 3 heterocycles. The maximum atomic E-state index is 12.4. The highest BCUT2D eigenvalue weighted by Gasteiger charge is 2.34. The van der Waals surface area contributed by atoms with E-state index < -0.39 is 11.2 Å². The van der Waals surface area contributed by atoms with Gasteiger partial charge in [-0.25, -0.2) is 4.79 Å². The van der Waals surface area contributed by atoms with Crippen LogP contribution in [0.2, 0.25) is 0 Å². The van der Waals surface area contributed by atoms with Crippen molar-refractivity contribution in [3.05, 3.63) is 62.7 Å². The maximum absolute atomic E-state index is 12.4. The molecule has 0 saturated carbocycles. The number of amides is 1. The molecule has 1 aliphatic rings. The summed E-state index contributed by atoms with van der Waals surface area (Å²) in [4.78, 5) is 41.9. The molecule has 7 heteroatoms. The molecule has 1 fully saturated rings. The van der Waals surface area contributed by atoms with Crippen LogP contribution in [0.1, 0.15) is 22.1 Å². The largest absolute Gasteiger partial charge is 0.336 e. The first kappa shape index (κ1) is 14.2. The van der Waals surface area contributed by atoms with Crippen molar-refractivity contribution in [1.82, 2.24) is 19.0 Å². The second-order valence-corrected chi connectivity index (χ2v) is 5.43. The Morgan fingerprint density at radius 3 is 2.55 bits per heavy atom. The minimum Gasteiger partial charge on any atom is -0.336 e. The van der Waals surface area contributed by atoms with Gasteiger partial charge in [-0.2, -0.15) is 0 Å². The quantitative estimate of drug-likeness (QED) is 0.764. The van der Waals surface area contributed by atoms with Crippen LogP contribution in [-0.2, 0) is 14.1 Å².